The number of alkyl halides is 1. The second-order valence-corrected chi connectivity index (χ2v) is 9.59. The summed E-state index contributed by atoms with van der Waals surface area (Å²) in [5, 5.41) is 0. The van der Waals surface area contributed by atoms with Crippen molar-refractivity contribution < 1.29 is 36.8 Å². The Hall–Kier alpha value is -1.85. The van der Waals surface area contributed by atoms with E-state index in [4.69, 9.17) is 23.0 Å². The van der Waals surface area contributed by atoms with Crippen LogP contribution in [0.25, 0.3) is 0 Å². The molecule has 0 unspecified atom stereocenters. The van der Waals surface area contributed by atoms with Crippen LogP contribution in [0, 0.1) is 5.92 Å². The highest BCUT2D eigenvalue weighted by atomic mass is 31.2. The number of halogens is 1. The molecule has 0 saturated carbocycles. The second-order valence-electron chi connectivity index (χ2n) is 7.97. The first-order valence-electron chi connectivity index (χ1n) is 9.87. The Morgan fingerprint density at radius 2 is 2.13 bits per heavy atom. The van der Waals surface area contributed by atoms with Gasteiger partial charge in [-0.2, -0.15) is 0 Å². The lowest BCUT2D eigenvalue weighted by atomic mass is 9.98. The Morgan fingerprint density at radius 1 is 1.42 bits per heavy atom. The zero-order valence-corrected chi connectivity index (χ0v) is 18.5. The number of rotatable bonds is 7. The van der Waals surface area contributed by atoms with Gasteiger partial charge in [0.2, 0.25) is 0 Å². The molecule has 6 atom stereocenters. The summed E-state index contributed by atoms with van der Waals surface area (Å²) in [6.45, 7) is 5.80. The molecule has 13 heteroatoms. The van der Waals surface area contributed by atoms with E-state index in [9.17, 15) is 18.9 Å². The van der Waals surface area contributed by atoms with Crippen LogP contribution in [0.1, 0.15) is 40.3 Å². The molecule has 3 rings (SSSR count). The van der Waals surface area contributed by atoms with Crippen molar-refractivity contribution in [2.45, 2.75) is 64.3 Å². The van der Waals surface area contributed by atoms with Gasteiger partial charge in [0.25, 0.3) is 5.56 Å². The molecule has 2 aliphatic heterocycles. The molecule has 11 nitrogen and oxygen atoms in total. The zero-order chi connectivity index (χ0) is 23.0. The molecular formula is C18H26FN2O9P. The molecule has 0 aliphatic carbocycles. The number of carbonyl (C=O) groups is 1. The van der Waals surface area contributed by atoms with Gasteiger partial charge in [0.05, 0.1) is 25.2 Å². The lowest BCUT2D eigenvalue weighted by molar-refractivity contribution is -0.152. The molecule has 0 radical (unpaired) electrons. The van der Waals surface area contributed by atoms with Crippen LogP contribution in [0.2, 0.25) is 0 Å². The molecule has 0 aromatic carbocycles. The van der Waals surface area contributed by atoms with E-state index in [0.29, 0.717) is 0 Å². The van der Waals surface area contributed by atoms with E-state index in [1.807, 2.05) is 4.98 Å². The van der Waals surface area contributed by atoms with Gasteiger partial charge in [-0.3, -0.25) is 32.7 Å². The topological polar surface area (TPSA) is 135 Å². The Morgan fingerprint density at radius 3 is 2.77 bits per heavy atom. The summed E-state index contributed by atoms with van der Waals surface area (Å²) < 4.78 is 55.7. The molecule has 2 saturated heterocycles. The SMILES string of the molecule is CC(C)OC(=O)[C@H](C)CCO[P@@]1(=O)OC[C@H]2O[C@@H](n3ccc(=O)[nH]c3=O)[C@](C)(F)[C@@H]2O1. The maximum absolute atomic E-state index is 15.6. The van der Waals surface area contributed by atoms with Gasteiger partial charge in [0.1, 0.15) is 12.2 Å². The molecule has 3 heterocycles. The van der Waals surface area contributed by atoms with Crippen molar-refractivity contribution in [2.75, 3.05) is 13.2 Å². The van der Waals surface area contributed by atoms with Gasteiger partial charge in [0, 0.05) is 12.3 Å². The number of esters is 1. The van der Waals surface area contributed by atoms with E-state index in [-0.39, 0.29) is 25.7 Å². The average molecular weight is 464 g/mol. The maximum Gasteiger partial charge on any atom is 0.475 e. The zero-order valence-electron chi connectivity index (χ0n) is 17.6. The van der Waals surface area contributed by atoms with Crippen molar-refractivity contribution in [2.24, 2.45) is 5.92 Å². The molecule has 2 fully saturated rings. The second kappa shape index (κ2) is 8.95. The largest absolute Gasteiger partial charge is 0.475 e. The molecule has 1 N–H and O–H groups in total. The first kappa shape index (κ1) is 23.8. The third kappa shape index (κ3) is 5.15. The first-order valence-corrected chi connectivity index (χ1v) is 11.3. The van der Waals surface area contributed by atoms with Gasteiger partial charge < -0.3 is 9.47 Å². The third-order valence-electron chi connectivity index (χ3n) is 4.98. The van der Waals surface area contributed by atoms with Gasteiger partial charge in [-0.1, -0.05) is 6.92 Å². The maximum atomic E-state index is 15.6. The van der Waals surface area contributed by atoms with Crippen LogP contribution in [0.5, 0.6) is 0 Å². The Labute approximate surface area is 177 Å². The number of H-pyrrole nitrogens is 1. The van der Waals surface area contributed by atoms with Gasteiger partial charge in [-0.15, -0.1) is 0 Å². The highest BCUT2D eigenvalue weighted by molar-refractivity contribution is 7.48. The number of aromatic nitrogens is 2. The number of nitrogens with one attached hydrogen (secondary N) is 1. The van der Waals surface area contributed by atoms with Crippen molar-refractivity contribution in [1.29, 1.82) is 0 Å². The van der Waals surface area contributed by atoms with Crippen molar-refractivity contribution >= 4 is 13.8 Å². The number of hydrogen-bond donors (Lipinski definition) is 1. The summed E-state index contributed by atoms with van der Waals surface area (Å²) in [5.41, 5.74) is -3.78. The van der Waals surface area contributed by atoms with Crippen molar-refractivity contribution in [3.8, 4) is 0 Å². The first-order chi connectivity index (χ1) is 14.4. The molecule has 0 spiro atoms. The quantitative estimate of drug-likeness (QED) is 0.472. The predicted octanol–water partition coefficient (Wildman–Crippen LogP) is 1.68. The Kier molecular flexibility index (Phi) is 6.87. The number of phosphoric ester groups is 1. The summed E-state index contributed by atoms with van der Waals surface area (Å²) in [6, 6.07) is 1.06. The van der Waals surface area contributed by atoms with Crippen LogP contribution >= 0.6 is 7.82 Å². The minimum absolute atomic E-state index is 0.143. The number of fused-ring (bicyclic) bond motifs is 1. The van der Waals surface area contributed by atoms with E-state index in [2.05, 4.69) is 0 Å². The molecule has 1 aromatic rings. The number of aromatic amines is 1. The smallest absolute Gasteiger partial charge is 0.463 e. The molecular weight excluding hydrogens is 438 g/mol. The van der Waals surface area contributed by atoms with Gasteiger partial charge in [-0.25, -0.2) is 13.8 Å². The van der Waals surface area contributed by atoms with E-state index < -0.39 is 55.1 Å². The summed E-state index contributed by atoms with van der Waals surface area (Å²) in [5.74, 6) is -0.929. The minimum atomic E-state index is -4.13. The monoisotopic (exact) mass is 464 g/mol. The number of phosphoric acid groups is 1. The molecule has 0 amide bonds. The number of nitrogens with zero attached hydrogens (tertiary/aromatic N) is 1. The van der Waals surface area contributed by atoms with E-state index in [1.165, 1.54) is 0 Å². The van der Waals surface area contributed by atoms with E-state index >= 15 is 4.39 Å². The summed E-state index contributed by atoms with van der Waals surface area (Å²) in [4.78, 5) is 37.2. The molecule has 2 aliphatic rings. The number of hydrogen-bond acceptors (Lipinski definition) is 9. The lowest BCUT2D eigenvalue weighted by Crippen LogP contribution is -2.46. The van der Waals surface area contributed by atoms with Crippen LogP contribution in [-0.2, 0) is 32.4 Å². The Bertz CT molecular complexity index is 975. The van der Waals surface area contributed by atoms with Gasteiger partial charge in [-0.05, 0) is 27.2 Å². The molecule has 31 heavy (non-hydrogen) atoms. The molecule has 174 valence electrons. The van der Waals surface area contributed by atoms with Gasteiger partial charge in [0.15, 0.2) is 11.9 Å². The number of carbonyl (C=O) groups excluding carboxylic acids is 1. The highest BCUT2D eigenvalue weighted by Crippen LogP contribution is 2.59. The average Bonchev–Trinajstić information content (AvgIpc) is 2.91. The van der Waals surface area contributed by atoms with Crippen molar-refractivity contribution in [3.63, 3.8) is 0 Å². The predicted molar refractivity (Wildman–Crippen MR) is 104 cm³/mol. The standard InChI is InChI=1S/C18H26FN2O9P/c1-10(2)28-15(23)11(3)6-8-26-31(25)27-9-12-14(30-31)18(4,19)16(29-12)21-7-5-13(22)20-17(21)24/h5,7,10-12,14,16H,6,8-9H2,1-4H3,(H,20,22,24)/t11-,12-,14-,16-,18-,31+/m1/s1. The van der Waals surface area contributed by atoms with Crippen molar-refractivity contribution in [3.05, 3.63) is 33.1 Å². The molecule has 1 aromatic heterocycles. The van der Waals surface area contributed by atoms with E-state index in [0.717, 1.165) is 23.8 Å². The van der Waals surface area contributed by atoms with Gasteiger partial charge >= 0.3 is 19.5 Å². The van der Waals surface area contributed by atoms with Crippen molar-refractivity contribution in [1.82, 2.24) is 9.55 Å². The Balaban J connectivity index is 1.65. The summed E-state index contributed by atoms with van der Waals surface area (Å²) >= 11 is 0. The fraction of sp³-hybridized carbons (Fsp3) is 0.722. The van der Waals surface area contributed by atoms with Crippen LogP contribution in [0.4, 0.5) is 4.39 Å². The normalized spacial score (nSPS) is 33.8. The van der Waals surface area contributed by atoms with Crippen LogP contribution in [-0.4, -0.2) is 52.7 Å². The fourth-order valence-corrected chi connectivity index (χ4v) is 4.81. The van der Waals surface area contributed by atoms with Crippen LogP contribution in [0.15, 0.2) is 21.9 Å². The summed E-state index contributed by atoms with van der Waals surface area (Å²) in [6.07, 6.45) is -2.70. The van der Waals surface area contributed by atoms with E-state index in [1.54, 1.807) is 20.8 Å². The molecule has 0 bridgehead atoms. The van der Waals surface area contributed by atoms with Crippen LogP contribution in [0.3, 0.4) is 0 Å². The minimum Gasteiger partial charge on any atom is -0.463 e. The third-order valence-corrected chi connectivity index (χ3v) is 6.43. The lowest BCUT2D eigenvalue weighted by Gasteiger charge is -2.33. The highest BCUT2D eigenvalue weighted by Gasteiger charge is 2.61. The summed E-state index contributed by atoms with van der Waals surface area (Å²) in [7, 11) is -4.13. The fourth-order valence-electron chi connectivity index (χ4n) is 3.33. The van der Waals surface area contributed by atoms with Crippen LogP contribution < -0.4 is 11.2 Å². The number of ether oxygens (including phenoxy) is 2.